The van der Waals surface area contributed by atoms with Crippen LogP contribution in [0.25, 0.3) is 0 Å². The summed E-state index contributed by atoms with van der Waals surface area (Å²) in [5, 5.41) is 66.0. The van der Waals surface area contributed by atoms with E-state index in [1.807, 2.05) is 44.1 Å². The quantitative estimate of drug-likeness (QED) is 0.106. The molecule has 2 aromatic carbocycles. The molecule has 270 valence electrons. The van der Waals surface area contributed by atoms with Crippen LogP contribution in [0.15, 0.2) is 47.4 Å². The van der Waals surface area contributed by atoms with E-state index in [-0.39, 0.29) is 29.5 Å². The molecule has 1 aliphatic heterocycles. The summed E-state index contributed by atoms with van der Waals surface area (Å²) in [6, 6.07) is 12.5. The lowest BCUT2D eigenvalue weighted by molar-refractivity contribution is -0.116. The number of benzene rings is 2. The number of anilines is 2. The number of carbonyl (C=O) groups excluding carboxylic acids is 1. The van der Waals surface area contributed by atoms with Crippen molar-refractivity contribution >= 4 is 27.1 Å². The molecular formula is C35H55N3O9S. The fourth-order valence-corrected chi connectivity index (χ4v) is 8.76. The van der Waals surface area contributed by atoms with Crippen molar-refractivity contribution in [1.82, 2.24) is 5.32 Å². The number of rotatable bonds is 18. The van der Waals surface area contributed by atoms with Crippen LogP contribution in [0.3, 0.4) is 0 Å². The summed E-state index contributed by atoms with van der Waals surface area (Å²) in [7, 11) is 0.0475. The van der Waals surface area contributed by atoms with E-state index >= 15 is 0 Å². The molecule has 0 aliphatic carbocycles. The highest BCUT2D eigenvalue weighted by molar-refractivity contribution is 7.91. The number of hydrogen-bond donors (Lipinski definition) is 8. The molecule has 3 unspecified atom stereocenters. The zero-order valence-electron chi connectivity index (χ0n) is 28.5. The van der Waals surface area contributed by atoms with E-state index in [0.29, 0.717) is 49.0 Å². The summed E-state index contributed by atoms with van der Waals surface area (Å²) in [5.74, 6) is -0.991. The van der Waals surface area contributed by atoms with Gasteiger partial charge in [-0.15, -0.1) is 0 Å². The lowest BCUT2D eigenvalue weighted by atomic mass is 9.69. The number of amides is 1. The van der Waals surface area contributed by atoms with Gasteiger partial charge in [0.2, 0.25) is 5.91 Å². The SMILES string of the molecule is CCCCC1(CC)CS(=O)(=O)c2ccc(N(C)C)cc2C(c2cccc(NC(=O)CCCCNC[C@H](O)[C@@H](O)[C@H](O)[C@H](O)CO)c2)C1O. The molecule has 0 aromatic heterocycles. The number of nitrogens with zero attached hydrogens (tertiary/aromatic N) is 1. The first-order valence-corrected chi connectivity index (χ1v) is 18.5. The molecule has 0 spiro atoms. The molecule has 1 aliphatic rings. The van der Waals surface area contributed by atoms with Crippen LogP contribution in [-0.4, -0.2) is 115 Å². The summed E-state index contributed by atoms with van der Waals surface area (Å²) in [6.45, 7) is 3.62. The normalized spacial score (nSPS) is 23.0. The minimum atomic E-state index is -3.72. The zero-order chi connectivity index (χ0) is 35.6. The zero-order valence-corrected chi connectivity index (χ0v) is 29.4. The standard InChI is InChI=1S/C35H55N3O9S/c1-5-7-16-35(6-2)22-48(46,47)29-15-14-25(38(3)4)19-26(29)31(34(35)45)23-11-10-12-24(18-23)37-30(42)13-8-9-17-36-20-27(40)32(43)33(44)28(41)21-39/h10-12,14-15,18-19,27-28,31-34,36,39-41,43-45H,5-9,13,16-17,20-22H2,1-4H3,(H,37,42)/t27-,28+,31?,32+,33+,34?,35?/m0/s1. The maximum absolute atomic E-state index is 13.9. The van der Waals surface area contributed by atoms with Crippen LogP contribution in [0.1, 0.15) is 75.8 Å². The van der Waals surface area contributed by atoms with Crippen molar-refractivity contribution in [1.29, 1.82) is 0 Å². The second-order valence-electron chi connectivity index (χ2n) is 13.3. The summed E-state index contributed by atoms with van der Waals surface area (Å²) < 4.78 is 27.8. The first-order valence-electron chi connectivity index (χ1n) is 16.9. The van der Waals surface area contributed by atoms with Gasteiger partial charge in [0, 0.05) is 49.8 Å². The number of aliphatic hydroxyl groups excluding tert-OH is 6. The maximum atomic E-state index is 13.9. The van der Waals surface area contributed by atoms with Crippen molar-refractivity contribution in [3.05, 3.63) is 53.6 Å². The van der Waals surface area contributed by atoms with Gasteiger partial charge in [-0.2, -0.15) is 0 Å². The van der Waals surface area contributed by atoms with Crippen LogP contribution in [0.5, 0.6) is 0 Å². The molecular weight excluding hydrogens is 638 g/mol. The monoisotopic (exact) mass is 693 g/mol. The average molecular weight is 694 g/mol. The largest absolute Gasteiger partial charge is 0.394 e. The third kappa shape index (κ3) is 9.75. The molecule has 0 saturated carbocycles. The number of hydrogen-bond acceptors (Lipinski definition) is 11. The van der Waals surface area contributed by atoms with Crippen LogP contribution in [0.4, 0.5) is 11.4 Å². The summed E-state index contributed by atoms with van der Waals surface area (Å²) >= 11 is 0. The lowest BCUT2D eigenvalue weighted by Crippen LogP contribution is -2.49. The molecule has 8 N–H and O–H groups in total. The number of sulfone groups is 1. The Bertz CT molecular complexity index is 1440. The smallest absolute Gasteiger partial charge is 0.224 e. The number of nitrogens with one attached hydrogen (secondary N) is 2. The van der Waals surface area contributed by atoms with Gasteiger partial charge >= 0.3 is 0 Å². The van der Waals surface area contributed by atoms with Gasteiger partial charge in [0.15, 0.2) is 9.84 Å². The molecule has 0 saturated heterocycles. The molecule has 48 heavy (non-hydrogen) atoms. The maximum Gasteiger partial charge on any atom is 0.224 e. The molecule has 2 aromatic rings. The Hall–Kier alpha value is -2.62. The van der Waals surface area contributed by atoms with Crippen molar-refractivity contribution in [2.24, 2.45) is 5.41 Å². The predicted molar refractivity (Wildman–Crippen MR) is 186 cm³/mol. The Morgan fingerprint density at radius 1 is 1.00 bits per heavy atom. The number of aliphatic hydroxyl groups is 6. The van der Waals surface area contributed by atoms with E-state index in [2.05, 4.69) is 17.6 Å². The fraction of sp³-hybridized carbons (Fsp3) is 0.629. The molecule has 13 heteroatoms. The second kappa shape index (κ2) is 17.9. The van der Waals surface area contributed by atoms with Gasteiger partial charge in [0.05, 0.1) is 29.5 Å². The molecule has 0 radical (unpaired) electrons. The van der Waals surface area contributed by atoms with Crippen molar-refractivity contribution in [2.75, 3.05) is 49.8 Å². The molecule has 7 atom stereocenters. The summed E-state index contributed by atoms with van der Waals surface area (Å²) in [4.78, 5) is 15.0. The molecule has 1 amide bonds. The Labute approximate surface area is 284 Å². The number of carbonyl (C=O) groups is 1. The average Bonchev–Trinajstić information content (AvgIpc) is 3.13. The van der Waals surface area contributed by atoms with Gasteiger partial charge in [-0.25, -0.2) is 8.42 Å². The van der Waals surface area contributed by atoms with E-state index in [1.165, 1.54) is 0 Å². The van der Waals surface area contributed by atoms with Gasteiger partial charge in [-0.1, -0.05) is 38.8 Å². The number of unbranched alkanes of at least 4 members (excludes halogenated alkanes) is 2. The molecule has 3 rings (SSSR count). The Morgan fingerprint density at radius 2 is 1.71 bits per heavy atom. The minimum absolute atomic E-state index is 0.0550. The van der Waals surface area contributed by atoms with E-state index in [0.717, 1.165) is 18.5 Å². The lowest BCUT2D eigenvalue weighted by Gasteiger charge is -2.39. The van der Waals surface area contributed by atoms with Gasteiger partial charge < -0.3 is 46.2 Å². The van der Waals surface area contributed by atoms with E-state index in [4.69, 9.17) is 5.11 Å². The summed E-state index contributed by atoms with van der Waals surface area (Å²) in [5.41, 5.74) is 1.77. The highest BCUT2D eigenvalue weighted by Crippen LogP contribution is 2.49. The first-order chi connectivity index (χ1) is 22.7. The number of fused-ring (bicyclic) bond motifs is 1. The Balaban J connectivity index is 1.74. The van der Waals surface area contributed by atoms with Crippen LogP contribution < -0.4 is 15.5 Å². The van der Waals surface area contributed by atoms with E-state index < -0.39 is 58.3 Å². The van der Waals surface area contributed by atoms with Gasteiger partial charge in [-0.05, 0) is 73.7 Å². The second-order valence-corrected chi connectivity index (χ2v) is 15.2. The molecule has 12 nitrogen and oxygen atoms in total. The molecule has 0 bridgehead atoms. The minimum Gasteiger partial charge on any atom is -0.394 e. The van der Waals surface area contributed by atoms with E-state index in [1.54, 1.807) is 24.3 Å². The van der Waals surface area contributed by atoms with E-state index in [9.17, 15) is 38.7 Å². The predicted octanol–water partition coefficient (Wildman–Crippen LogP) is 1.75. The van der Waals surface area contributed by atoms with Crippen LogP contribution >= 0.6 is 0 Å². The highest BCUT2D eigenvalue weighted by atomic mass is 32.2. The topological polar surface area (TPSA) is 200 Å². The van der Waals surface area contributed by atoms with Gasteiger partial charge in [0.25, 0.3) is 0 Å². The van der Waals surface area contributed by atoms with Crippen molar-refractivity contribution < 1.29 is 43.9 Å². The van der Waals surface area contributed by atoms with Crippen LogP contribution in [0, 0.1) is 5.41 Å². The Kier molecular flexibility index (Phi) is 14.8. The highest BCUT2D eigenvalue weighted by Gasteiger charge is 2.49. The molecule has 0 fully saturated rings. The first kappa shape index (κ1) is 39.8. The van der Waals surface area contributed by atoms with Crippen LogP contribution in [0.2, 0.25) is 0 Å². The van der Waals surface area contributed by atoms with Crippen LogP contribution in [-0.2, 0) is 14.6 Å². The third-order valence-corrected chi connectivity index (χ3v) is 11.5. The van der Waals surface area contributed by atoms with Crippen molar-refractivity contribution in [2.45, 2.75) is 100 Å². The third-order valence-electron chi connectivity index (χ3n) is 9.55. The molecule has 1 heterocycles. The van der Waals surface area contributed by atoms with Crippen molar-refractivity contribution in [3.8, 4) is 0 Å². The Morgan fingerprint density at radius 3 is 2.35 bits per heavy atom. The van der Waals surface area contributed by atoms with Crippen molar-refractivity contribution in [3.63, 3.8) is 0 Å². The fourth-order valence-electron chi connectivity index (χ4n) is 6.51. The summed E-state index contributed by atoms with van der Waals surface area (Å²) in [6.07, 6.45) is -3.17. The van der Waals surface area contributed by atoms with Gasteiger partial charge in [-0.3, -0.25) is 4.79 Å². The van der Waals surface area contributed by atoms with Gasteiger partial charge in [0.1, 0.15) is 18.3 Å².